The standard InChI is InChI=1S/C16H13ClFNO3/c17-12-4-1-10(2-5-12)11-3-6-13(14(18)9-11)15(19-22)7-8-16(20)21/h1-6,9,22H,7-8H2,(H,20,21)/b19-15+. The number of rotatable bonds is 5. The van der Waals surface area contributed by atoms with Gasteiger partial charge >= 0.3 is 5.97 Å². The van der Waals surface area contributed by atoms with E-state index in [4.69, 9.17) is 21.9 Å². The van der Waals surface area contributed by atoms with Crippen molar-refractivity contribution < 1.29 is 19.5 Å². The highest BCUT2D eigenvalue weighted by molar-refractivity contribution is 6.30. The van der Waals surface area contributed by atoms with Gasteiger partial charge in [0, 0.05) is 17.0 Å². The molecule has 114 valence electrons. The number of benzene rings is 2. The summed E-state index contributed by atoms with van der Waals surface area (Å²) in [5, 5.41) is 21.2. The molecule has 0 saturated carbocycles. The van der Waals surface area contributed by atoms with Gasteiger partial charge in [0.1, 0.15) is 5.82 Å². The molecule has 0 fully saturated rings. The lowest BCUT2D eigenvalue weighted by molar-refractivity contribution is -0.136. The van der Waals surface area contributed by atoms with Crippen molar-refractivity contribution in [3.8, 4) is 11.1 Å². The fourth-order valence-electron chi connectivity index (χ4n) is 2.03. The molecule has 0 spiro atoms. The van der Waals surface area contributed by atoms with E-state index in [1.807, 2.05) is 0 Å². The van der Waals surface area contributed by atoms with Crippen molar-refractivity contribution in [3.63, 3.8) is 0 Å². The Labute approximate surface area is 131 Å². The molecular formula is C16H13ClFNO3. The molecule has 0 bridgehead atoms. The molecule has 0 aliphatic carbocycles. The van der Waals surface area contributed by atoms with Crippen molar-refractivity contribution in [2.75, 3.05) is 0 Å². The molecule has 2 aromatic carbocycles. The number of carboxylic acid groups (broad SMARTS) is 1. The zero-order valence-corrected chi connectivity index (χ0v) is 12.2. The first-order chi connectivity index (χ1) is 10.5. The molecule has 0 unspecified atom stereocenters. The molecule has 0 saturated heterocycles. The van der Waals surface area contributed by atoms with Crippen LogP contribution < -0.4 is 0 Å². The molecule has 0 atom stereocenters. The van der Waals surface area contributed by atoms with Crippen LogP contribution in [0.5, 0.6) is 0 Å². The van der Waals surface area contributed by atoms with E-state index in [1.54, 1.807) is 30.3 Å². The quantitative estimate of drug-likeness (QED) is 0.493. The molecule has 0 aromatic heterocycles. The van der Waals surface area contributed by atoms with Crippen molar-refractivity contribution in [2.45, 2.75) is 12.8 Å². The summed E-state index contributed by atoms with van der Waals surface area (Å²) in [5.74, 6) is -1.62. The summed E-state index contributed by atoms with van der Waals surface area (Å²) < 4.78 is 14.2. The fraction of sp³-hybridized carbons (Fsp3) is 0.125. The van der Waals surface area contributed by atoms with Crippen molar-refractivity contribution in [3.05, 3.63) is 58.9 Å². The van der Waals surface area contributed by atoms with Gasteiger partial charge in [0.15, 0.2) is 0 Å². The van der Waals surface area contributed by atoms with Gasteiger partial charge in [-0.25, -0.2) is 4.39 Å². The van der Waals surface area contributed by atoms with E-state index in [1.165, 1.54) is 12.1 Å². The summed E-state index contributed by atoms with van der Waals surface area (Å²) >= 11 is 5.81. The minimum atomic E-state index is -1.04. The molecule has 0 aliphatic rings. The Hall–Kier alpha value is -2.40. The third kappa shape index (κ3) is 3.83. The number of hydrogen-bond donors (Lipinski definition) is 2. The third-order valence-corrected chi connectivity index (χ3v) is 3.41. The molecule has 0 aliphatic heterocycles. The van der Waals surface area contributed by atoms with Crippen LogP contribution in [0.15, 0.2) is 47.6 Å². The first kappa shape index (κ1) is 16.0. The van der Waals surface area contributed by atoms with Gasteiger partial charge in [0.2, 0.25) is 0 Å². The number of nitrogens with zero attached hydrogens (tertiary/aromatic N) is 1. The van der Waals surface area contributed by atoms with E-state index < -0.39 is 11.8 Å². The van der Waals surface area contributed by atoms with Crippen molar-refractivity contribution >= 4 is 23.3 Å². The van der Waals surface area contributed by atoms with Crippen molar-refractivity contribution in [2.24, 2.45) is 5.16 Å². The van der Waals surface area contributed by atoms with Crippen LogP contribution in [-0.2, 0) is 4.79 Å². The summed E-state index contributed by atoms with van der Waals surface area (Å²) in [7, 11) is 0. The highest BCUT2D eigenvalue weighted by Crippen LogP contribution is 2.24. The van der Waals surface area contributed by atoms with Gasteiger partial charge in [0.05, 0.1) is 12.1 Å². The second-order valence-corrected chi connectivity index (χ2v) is 5.08. The molecule has 4 nitrogen and oxygen atoms in total. The van der Waals surface area contributed by atoms with Crippen LogP contribution >= 0.6 is 11.6 Å². The van der Waals surface area contributed by atoms with Gasteiger partial charge in [-0.2, -0.15) is 0 Å². The first-order valence-corrected chi connectivity index (χ1v) is 6.87. The third-order valence-electron chi connectivity index (χ3n) is 3.15. The molecule has 22 heavy (non-hydrogen) atoms. The van der Waals surface area contributed by atoms with E-state index in [9.17, 15) is 9.18 Å². The number of aliphatic carboxylic acids is 1. The molecular weight excluding hydrogens is 309 g/mol. The minimum absolute atomic E-state index is 0.00237. The maximum Gasteiger partial charge on any atom is 0.303 e. The van der Waals surface area contributed by atoms with E-state index in [2.05, 4.69) is 5.16 Å². The highest BCUT2D eigenvalue weighted by atomic mass is 35.5. The van der Waals surface area contributed by atoms with E-state index in [-0.39, 0.29) is 24.1 Å². The predicted molar refractivity (Wildman–Crippen MR) is 82.0 cm³/mol. The summed E-state index contributed by atoms with van der Waals surface area (Å²) in [6.45, 7) is 0. The zero-order valence-electron chi connectivity index (χ0n) is 11.5. The van der Waals surface area contributed by atoms with Crippen LogP contribution in [0, 0.1) is 5.82 Å². The van der Waals surface area contributed by atoms with E-state index in [0.717, 1.165) is 5.56 Å². The van der Waals surface area contributed by atoms with Crippen molar-refractivity contribution in [1.29, 1.82) is 0 Å². The number of oxime groups is 1. The van der Waals surface area contributed by atoms with Crippen LogP contribution in [0.3, 0.4) is 0 Å². The second-order valence-electron chi connectivity index (χ2n) is 4.64. The van der Waals surface area contributed by atoms with Crippen molar-refractivity contribution in [1.82, 2.24) is 0 Å². The molecule has 0 amide bonds. The Balaban J connectivity index is 2.29. The number of hydrogen-bond acceptors (Lipinski definition) is 3. The Morgan fingerprint density at radius 3 is 2.27 bits per heavy atom. The summed E-state index contributed by atoms with van der Waals surface area (Å²) in [4.78, 5) is 10.6. The first-order valence-electron chi connectivity index (χ1n) is 6.50. The Morgan fingerprint density at radius 2 is 1.73 bits per heavy atom. The highest BCUT2D eigenvalue weighted by Gasteiger charge is 2.13. The van der Waals surface area contributed by atoms with Crippen LogP contribution in [-0.4, -0.2) is 22.0 Å². The lowest BCUT2D eigenvalue weighted by Gasteiger charge is -2.08. The Kier molecular flexibility index (Phi) is 5.12. The van der Waals surface area contributed by atoms with Gasteiger partial charge in [-0.15, -0.1) is 0 Å². The lowest BCUT2D eigenvalue weighted by Crippen LogP contribution is -2.07. The van der Waals surface area contributed by atoms with Crippen LogP contribution in [0.4, 0.5) is 4.39 Å². The summed E-state index contributed by atoms with van der Waals surface area (Å²) in [5.41, 5.74) is 1.53. The van der Waals surface area contributed by atoms with Crippen LogP contribution in [0.25, 0.3) is 11.1 Å². The Morgan fingerprint density at radius 1 is 1.09 bits per heavy atom. The fourth-order valence-corrected chi connectivity index (χ4v) is 2.16. The summed E-state index contributed by atoms with van der Waals surface area (Å²) in [6.07, 6.45) is -0.291. The topological polar surface area (TPSA) is 69.9 Å². The second kappa shape index (κ2) is 7.04. The average Bonchev–Trinajstić information content (AvgIpc) is 2.49. The maximum atomic E-state index is 14.2. The maximum absolute atomic E-state index is 14.2. The largest absolute Gasteiger partial charge is 0.481 e. The molecule has 0 heterocycles. The summed E-state index contributed by atoms with van der Waals surface area (Å²) in [6, 6.07) is 11.4. The lowest BCUT2D eigenvalue weighted by atomic mass is 10.00. The molecule has 6 heteroatoms. The molecule has 2 N–H and O–H groups in total. The monoisotopic (exact) mass is 321 g/mol. The van der Waals surface area contributed by atoms with Gasteiger partial charge in [0.25, 0.3) is 0 Å². The smallest absolute Gasteiger partial charge is 0.303 e. The normalized spacial score (nSPS) is 11.5. The average molecular weight is 322 g/mol. The van der Waals surface area contributed by atoms with Gasteiger partial charge in [-0.1, -0.05) is 35.0 Å². The molecule has 2 aromatic rings. The number of halogens is 2. The number of carbonyl (C=O) groups is 1. The SMILES string of the molecule is O=C(O)CC/C(=N\O)c1ccc(-c2ccc(Cl)cc2)cc1F. The van der Waals surface area contributed by atoms with Crippen LogP contribution in [0.1, 0.15) is 18.4 Å². The van der Waals surface area contributed by atoms with Crippen LogP contribution in [0.2, 0.25) is 5.02 Å². The van der Waals surface area contributed by atoms with Gasteiger partial charge in [-0.3, -0.25) is 4.79 Å². The van der Waals surface area contributed by atoms with E-state index >= 15 is 0 Å². The minimum Gasteiger partial charge on any atom is -0.481 e. The molecule has 0 radical (unpaired) electrons. The molecule has 2 rings (SSSR count). The Bertz CT molecular complexity index is 714. The number of carboxylic acids is 1. The van der Waals surface area contributed by atoms with E-state index in [0.29, 0.717) is 10.6 Å². The zero-order chi connectivity index (χ0) is 16.1. The predicted octanol–water partition coefficient (Wildman–Crippen LogP) is 4.19. The van der Waals surface area contributed by atoms with Gasteiger partial charge < -0.3 is 10.3 Å². The van der Waals surface area contributed by atoms with Gasteiger partial charge in [-0.05, 0) is 35.4 Å².